The smallest absolute Gasteiger partial charge is 0.306 e. The van der Waals surface area contributed by atoms with Crippen LogP contribution in [0.3, 0.4) is 0 Å². The first-order valence-electron chi connectivity index (χ1n) is 23.1. The van der Waals surface area contributed by atoms with Crippen LogP contribution in [-0.2, 0) is 43.0 Å². The summed E-state index contributed by atoms with van der Waals surface area (Å²) in [6, 6.07) is 27.2. The summed E-state index contributed by atoms with van der Waals surface area (Å²) in [6.07, 6.45) is -1.98. The molecular formula is C55H60N4O15. The molecule has 74 heavy (non-hydrogen) atoms. The van der Waals surface area contributed by atoms with Gasteiger partial charge in [-0.15, -0.1) is 0 Å². The number of carbonyl (C=O) groups excluding carboxylic acids is 7. The summed E-state index contributed by atoms with van der Waals surface area (Å²) < 4.78 is 16.3. The van der Waals surface area contributed by atoms with E-state index in [1.54, 1.807) is 60.7 Å². The quantitative estimate of drug-likeness (QED) is 0.0504. The van der Waals surface area contributed by atoms with E-state index in [1.807, 2.05) is 38.1 Å². The van der Waals surface area contributed by atoms with E-state index < -0.39 is 96.2 Å². The zero-order valence-corrected chi connectivity index (χ0v) is 42.3. The lowest BCUT2D eigenvalue weighted by atomic mass is 9.92. The number of hydrogen-bond acceptors (Lipinski definition) is 14. The van der Waals surface area contributed by atoms with Crippen LogP contribution in [0, 0.1) is 23.7 Å². The highest BCUT2D eigenvalue weighted by Crippen LogP contribution is 2.33. The first-order chi connectivity index (χ1) is 34.9. The summed E-state index contributed by atoms with van der Waals surface area (Å²) >= 11 is 0. The van der Waals surface area contributed by atoms with Gasteiger partial charge in [0.05, 0.1) is 26.1 Å². The van der Waals surface area contributed by atoms with Gasteiger partial charge >= 0.3 is 11.9 Å². The number of amides is 4. The second kappa shape index (κ2) is 26.1. The minimum absolute atomic E-state index is 0.104. The van der Waals surface area contributed by atoms with Crippen molar-refractivity contribution in [1.29, 1.82) is 0 Å². The monoisotopic (exact) mass is 1020 g/mol. The van der Waals surface area contributed by atoms with Crippen molar-refractivity contribution in [2.75, 3.05) is 54.6 Å². The fraction of sp³-hybridized carbons (Fsp3) is 0.345. The number of Topliss-reactive ketones (excluding diaryl/α,β-unsaturated/α-hetero) is 2. The molecule has 4 amide bonds. The Morgan fingerprint density at radius 2 is 1.08 bits per heavy atom. The maximum atomic E-state index is 13.2. The van der Waals surface area contributed by atoms with E-state index in [2.05, 4.69) is 34.3 Å². The molecule has 0 radical (unpaired) electrons. The predicted molar refractivity (Wildman–Crippen MR) is 268 cm³/mol. The molecule has 0 aromatic heterocycles. The van der Waals surface area contributed by atoms with Gasteiger partial charge in [-0.05, 0) is 112 Å². The van der Waals surface area contributed by atoms with Gasteiger partial charge in [0, 0.05) is 61.6 Å². The zero-order chi connectivity index (χ0) is 55.0. The Morgan fingerprint density at radius 3 is 1.45 bits per heavy atom. The van der Waals surface area contributed by atoms with Crippen molar-refractivity contribution < 1.29 is 73.0 Å². The van der Waals surface area contributed by atoms with Crippen LogP contribution in [0.25, 0.3) is 0 Å². The zero-order valence-electron chi connectivity index (χ0n) is 42.3. The Balaban J connectivity index is 0.000000322. The number of ether oxygens (including phenoxy) is 3. The average molecular weight is 1020 g/mol. The molecule has 1 fully saturated rings. The van der Waals surface area contributed by atoms with Crippen LogP contribution in [0.1, 0.15) is 107 Å². The van der Waals surface area contributed by atoms with Crippen molar-refractivity contribution in [3.8, 4) is 23.7 Å². The van der Waals surface area contributed by atoms with E-state index in [4.69, 9.17) is 24.4 Å². The largest absolute Gasteiger partial charge is 0.481 e. The predicted octanol–water partition coefficient (Wildman–Crippen LogP) is 2.71. The SMILES string of the molecule is CNC(=O)[C@@](C)(C(=O)CO)N(C)C(=O)c1ccc(C#Cc2ccc([C@H]3COC(C)(C)O3)cc2)cc1.CNC(=O)[C@@](C)(C(=O)COC(=O)CCC(=O)O)N(C)C(=O)c1ccc(C#Cc2ccc([C@H](O)CO)cc2)cc1. The Morgan fingerprint density at radius 1 is 0.676 bits per heavy atom. The summed E-state index contributed by atoms with van der Waals surface area (Å²) in [5.41, 5.74) is 0.976. The lowest BCUT2D eigenvalue weighted by Gasteiger charge is -2.35. The molecule has 5 rings (SSSR count). The minimum atomic E-state index is -2.02. The van der Waals surface area contributed by atoms with Gasteiger partial charge in [0.1, 0.15) is 18.8 Å². The summed E-state index contributed by atoms with van der Waals surface area (Å²) in [5.74, 6) is 5.03. The Kier molecular flexibility index (Phi) is 20.6. The normalized spacial score (nSPS) is 15.2. The number of aliphatic hydroxyl groups excluding tert-OH is 3. The fourth-order valence-corrected chi connectivity index (χ4v) is 7.14. The van der Waals surface area contributed by atoms with Crippen LogP contribution >= 0.6 is 0 Å². The number of nitrogens with one attached hydrogen (secondary N) is 2. The molecule has 4 aromatic carbocycles. The van der Waals surface area contributed by atoms with E-state index in [9.17, 15) is 48.6 Å². The van der Waals surface area contributed by atoms with Gasteiger partial charge in [0.15, 0.2) is 29.3 Å². The Hall–Kier alpha value is -8.04. The molecule has 0 aliphatic carbocycles. The third-order valence-corrected chi connectivity index (χ3v) is 12.2. The number of carbonyl (C=O) groups is 8. The number of aliphatic hydroxyl groups is 3. The summed E-state index contributed by atoms with van der Waals surface area (Å²) in [4.78, 5) is 101. The molecule has 1 saturated heterocycles. The molecule has 1 aliphatic heterocycles. The number of nitrogens with zero attached hydrogens (tertiary/aromatic N) is 2. The molecular weight excluding hydrogens is 957 g/mol. The maximum Gasteiger partial charge on any atom is 0.306 e. The van der Waals surface area contributed by atoms with Gasteiger partial charge < -0.3 is 55.1 Å². The van der Waals surface area contributed by atoms with E-state index in [0.29, 0.717) is 28.9 Å². The van der Waals surface area contributed by atoms with Crippen LogP contribution < -0.4 is 10.6 Å². The average Bonchev–Trinajstić information content (AvgIpc) is 3.79. The van der Waals surface area contributed by atoms with Crippen molar-refractivity contribution in [2.45, 2.75) is 69.6 Å². The molecule has 4 aromatic rings. The Bertz CT molecular complexity index is 2810. The van der Waals surface area contributed by atoms with Crippen molar-refractivity contribution in [3.05, 3.63) is 142 Å². The molecule has 1 aliphatic rings. The number of likely N-dealkylation sites (N-methyl/N-ethyl adjacent to an activating group) is 4. The van der Waals surface area contributed by atoms with Gasteiger partial charge in [-0.3, -0.25) is 38.4 Å². The fourth-order valence-electron chi connectivity index (χ4n) is 7.14. The number of ketones is 2. The van der Waals surface area contributed by atoms with E-state index >= 15 is 0 Å². The van der Waals surface area contributed by atoms with Crippen molar-refractivity contribution in [2.24, 2.45) is 0 Å². The van der Waals surface area contributed by atoms with Crippen molar-refractivity contribution in [3.63, 3.8) is 0 Å². The van der Waals surface area contributed by atoms with Gasteiger partial charge in [0.2, 0.25) is 5.78 Å². The topological polar surface area (TPSA) is 276 Å². The molecule has 19 heteroatoms. The second-order valence-corrected chi connectivity index (χ2v) is 17.5. The van der Waals surface area contributed by atoms with Crippen LogP contribution in [0.2, 0.25) is 0 Å². The van der Waals surface area contributed by atoms with Crippen molar-refractivity contribution >= 4 is 47.1 Å². The molecule has 0 bridgehead atoms. The van der Waals surface area contributed by atoms with Gasteiger partial charge in [0.25, 0.3) is 23.6 Å². The van der Waals surface area contributed by atoms with Gasteiger partial charge in [-0.25, -0.2) is 0 Å². The molecule has 0 unspecified atom stereocenters. The number of benzene rings is 4. The number of rotatable bonds is 17. The lowest BCUT2D eigenvalue weighted by Crippen LogP contribution is -2.62. The third kappa shape index (κ3) is 14.8. The molecule has 6 N–H and O–H groups in total. The lowest BCUT2D eigenvalue weighted by molar-refractivity contribution is -0.154. The summed E-state index contributed by atoms with van der Waals surface area (Å²) in [5, 5.41) is 41.3. The highest BCUT2D eigenvalue weighted by Gasteiger charge is 2.48. The first-order valence-corrected chi connectivity index (χ1v) is 23.1. The maximum absolute atomic E-state index is 13.2. The number of esters is 1. The number of carboxylic acids is 1. The third-order valence-electron chi connectivity index (χ3n) is 12.2. The number of carboxylic acid groups (broad SMARTS) is 1. The molecule has 0 spiro atoms. The summed E-state index contributed by atoms with van der Waals surface area (Å²) in [6.45, 7) is 4.74. The minimum Gasteiger partial charge on any atom is -0.481 e. The van der Waals surface area contributed by atoms with E-state index in [1.165, 1.54) is 54.2 Å². The summed E-state index contributed by atoms with van der Waals surface area (Å²) in [7, 11) is 5.28. The van der Waals surface area contributed by atoms with Crippen LogP contribution in [0.15, 0.2) is 97.1 Å². The molecule has 0 saturated carbocycles. The molecule has 390 valence electrons. The van der Waals surface area contributed by atoms with Gasteiger partial charge in [-0.1, -0.05) is 47.9 Å². The molecule has 1 heterocycles. The highest BCUT2D eigenvalue weighted by atomic mass is 16.7. The first kappa shape index (κ1) is 58.5. The number of aliphatic carboxylic acids is 1. The van der Waals surface area contributed by atoms with Crippen molar-refractivity contribution in [1.82, 2.24) is 20.4 Å². The standard InChI is InChI=1S/C28H30N2O9.C27H30N2O6/c1-28(27(38)29-2,23(33)17-39-25(36)15-14-24(34)35)30(3)26(37)21-12-8-19(9-13-21)5-4-18-6-10-20(11-7-18)22(32)16-31;1-26(2)34-17-22(35-26)20-12-8-18(9-13-20)6-7-19-10-14-21(15-11-19)24(32)29(5)27(3,23(31)16-30)25(33)28-4/h6-13,22,31-32H,14-17H2,1-3H3,(H,29,38)(H,34,35);8-15,22,30H,16-17H2,1-5H3,(H,28,33)/t22-,28-;22-,27-/m11/s1. The number of hydrogen-bond donors (Lipinski definition) is 6. The van der Waals surface area contributed by atoms with Crippen LogP contribution in [0.5, 0.6) is 0 Å². The Labute approximate surface area is 428 Å². The van der Waals surface area contributed by atoms with Crippen LogP contribution in [-0.4, -0.2) is 149 Å². The molecule has 4 atom stereocenters. The van der Waals surface area contributed by atoms with E-state index in [0.717, 1.165) is 20.9 Å². The molecule has 19 nitrogen and oxygen atoms in total. The van der Waals surface area contributed by atoms with Crippen LogP contribution in [0.4, 0.5) is 0 Å². The highest BCUT2D eigenvalue weighted by molar-refractivity contribution is 6.15. The second-order valence-electron chi connectivity index (χ2n) is 17.5. The van der Waals surface area contributed by atoms with E-state index in [-0.39, 0.29) is 23.8 Å². The van der Waals surface area contributed by atoms with Gasteiger partial charge in [-0.2, -0.15) is 0 Å².